The van der Waals surface area contributed by atoms with E-state index in [0.29, 0.717) is 5.56 Å². The fourth-order valence-corrected chi connectivity index (χ4v) is 1.69. The fraction of sp³-hybridized carbons (Fsp3) is 0.308. The van der Waals surface area contributed by atoms with Crippen LogP contribution in [0.1, 0.15) is 18.5 Å². The number of carbonyl (C=O) groups is 1. The number of hydrogen-bond acceptors (Lipinski definition) is 4. The van der Waals surface area contributed by atoms with Crippen molar-refractivity contribution in [2.45, 2.75) is 13.0 Å². The Kier molecular flexibility index (Phi) is 4.58. The highest BCUT2D eigenvalue weighted by atomic mass is 16.4. The largest absolute Gasteiger partial charge is 0.508 e. The molecule has 0 spiro atoms. The van der Waals surface area contributed by atoms with Crippen molar-refractivity contribution in [3.05, 3.63) is 23.8 Å². The second kappa shape index (κ2) is 5.94. The van der Waals surface area contributed by atoms with Crippen molar-refractivity contribution < 1.29 is 20.1 Å². The third-order valence-electron chi connectivity index (χ3n) is 2.59. The van der Waals surface area contributed by atoms with Gasteiger partial charge < -0.3 is 15.3 Å². The Bertz CT molecular complexity index is 458. The summed E-state index contributed by atoms with van der Waals surface area (Å²) in [4.78, 5) is 12.3. The van der Waals surface area contributed by atoms with Crippen LogP contribution < -0.4 is 0 Å². The van der Waals surface area contributed by atoms with Gasteiger partial charge in [-0.05, 0) is 24.6 Å². The predicted octanol–water partition coefficient (Wildman–Crippen LogP) is 1.18. The summed E-state index contributed by atoms with van der Waals surface area (Å²) in [5, 5.41) is 27.6. The van der Waals surface area contributed by atoms with E-state index in [2.05, 4.69) is 5.92 Å². The zero-order valence-corrected chi connectivity index (χ0v) is 10.00. The molecule has 0 saturated carbocycles. The summed E-state index contributed by atoms with van der Waals surface area (Å²) in [5.41, 5.74) is 0.601. The highest BCUT2D eigenvalue weighted by Gasteiger charge is 2.18. The molecule has 0 heterocycles. The van der Waals surface area contributed by atoms with Crippen LogP contribution in [0, 0.1) is 12.3 Å². The van der Waals surface area contributed by atoms with Gasteiger partial charge in [-0.25, -0.2) is 0 Å². The van der Waals surface area contributed by atoms with Gasteiger partial charge in [0, 0.05) is 12.1 Å². The van der Waals surface area contributed by atoms with Crippen LogP contribution in [-0.4, -0.2) is 39.3 Å². The van der Waals surface area contributed by atoms with Gasteiger partial charge in [0.1, 0.15) is 11.5 Å². The van der Waals surface area contributed by atoms with E-state index in [0.717, 1.165) is 0 Å². The summed E-state index contributed by atoms with van der Waals surface area (Å²) in [6.07, 6.45) is 5.20. The minimum absolute atomic E-state index is 0.0761. The lowest BCUT2D eigenvalue weighted by Crippen LogP contribution is -2.32. The Morgan fingerprint density at radius 3 is 2.39 bits per heavy atom. The van der Waals surface area contributed by atoms with Gasteiger partial charge in [0.05, 0.1) is 13.1 Å². The molecule has 5 heteroatoms. The number of aromatic hydroxyl groups is 2. The van der Waals surface area contributed by atoms with Crippen LogP contribution in [0.15, 0.2) is 18.2 Å². The van der Waals surface area contributed by atoms with Crippen LogP contribution >= 0.6 is 0 Å². The van der Waals surface area contributed by atoms with E-state index in [4.69, 9.17) is 11.5 Å². The maximum Gasteiger partial charge on any atom is 0.317 e. The van der Waals surface area contributed by atoms with Gasteiger partial charge in [-0.15, -0.1) is 6.42 Å². The third-order valence-corrected chi connectivity index (χ3v) is 2.59. The standard InChI is InChI=1S/C13H15NO4/c1-3-4-14(8-13(17)18)9(2)10-5-11(15)7-12(16)6-10/h1,5-7,9,15-16H,4,8H2,2H3,(H,17,18). The third kappa shape index (κ3) is 3.68. The van der Waals surface area contributed by atoms with Gasteiger partial charge in [-0.3, -0.25) is 9.69 Å². The van der Waals surface area contributed by atoms with Gasteiger partial charge >= 0.3 is 5.97 Å². The molecule has 0 saturated heterocycles. The molecule has 0 radical (unpaired) electrons. The van der Waals surface area contributed by atoms with E-state index >= 15 is 0 Å². The molecule has 0 fully saturated rings. The molecule has 3 N–H and O–H groups in total. The molecule has 1 atom stereocenters. The van der Waals surface area contributed by atoms with Crippen molar-refractivity contribution in [1.82, 2.24) is 4.90 Å². The number of terminal acetylenes is 1. The summed E-state index contributed by atoms with van der Waals surface area (Å²) < 4.78 is 0. The van der Waals surface area contributed by atoms with Gasteiger partial charge in [0.2, 0.25) is 0 Å². The molecule has 1 aromatic rings. The van der Waals surface area contributed by atoms with Crippen molar-refractivity contribution in [3.8, 4) is 23.8 Å². The number of phenols is 2. The van der Waals surface area contributed by atoms with Crippen LogP contribution in [0.3, 0.4) is 0 Å². The lowest BCUT2D eigenvalue weighted by molar-refractivity contribution is -0.138. The first-order valence-electron chi connectivity index (χ1n) is 5.36. The molecule has 0 bridgehead atoms. The first kappa shape index (κ1) is 13.9. The van der Waals surface area contributed by atoms with Crippen LogP contribution in [0.4, 0.5) is 0 Å². The summed E-state index contributed by atoms with van der Waals surface area (Å²) >= 11 is 0. The van der Waals surface area contributed by atoms with Crippen molar-refractivity contribution in [2.24, 2.45) is 0 Å². The first-order valence-corrected chi connectivity index (χ1v) is 5.36. The van der Waals surface area contributed by atoms with E-state index in [1.807, 2.05) is 0 Å². The Morgan fingerprint density at radius 2 is 1.94 bits per heavy atom. The number of phenolic OH excluding ortho intramolecular Hbond substituents is 2. The molecule has 0 aromatic heterocycles. The number of nitrogens with zero attached hydrogens (tertiary/aromatic N) is 1. The fourth-order valence-electron chi connectivity index (χ4n) is 1.69. The van der Waals surface area contributed by atoms with Gasteiger partial charge in [0.25, 0.3) is 0 Å². The van der Waals surface area contributed by atoms with Gasteiger partial charge in [0.15, 0.2) is 0 Å². The average molecular weight is 249 g/mol. The van der Waals surface area contributed by atoms with Crippen LogP contribution in [0.25, 0.3) is 0 Å². The second-order valence-electron chi connectivity index (χ2n) is 3.96. The number of carboxylic acids is 1. The van der Waals surface area contributed by atoms with Crippen molar-refractivity contribution in [2.75, 3.05) is 13.1 Å². The average Bonchev–Trinajstić information content (AvgIpc) is 2.25. The zero-order chi connectivity index (χ0) is 13.7. The van der Waals surface area contributed by atoms with Crippen LogP contribution in [0.5, 0.6) is 11.5 Å². The maximum absolute atomic E-state index is 10.7. The van der Waals surface area contributed by atoms with E-state index in [9.17, 15) is 15.0 Å². The summed E-state index contributed by atoms with van der Waals surface area (Å²) in [7, 11) is 0. The summed E-state index contributed by atoms with van der Waals surface area (Å²) in [6.45, 7) is 1.72. The number of benzene rings is 1. The van der Waals surface area contributed by atoms with Crippen molar-refractivity contribution in [1.29, 1.82) is 0 Å². The number of carboxylic acid groups (broad SMARTS) is 1. The molecule has 1 aromatic carbocycles. The van der Waals surface area contributed by atoms with E-state index in [1.54, 1.807) is 11.8 Å². The topological polar surface area (TPSA) is 81.0 Å². The predicted molar refractivity (Wildman–Crippen MR) is 66.2 cm³/mol. The Morgan fingerprint density at radius 1 is 1.39 bits per heavy atom. The molecule has 18 heavy (non-hydrogen) atoms. The number of aliphatic carboxylic acids is 1. The second-order valence-corrected chi connectivity index (χ2v) is 3.96. The molecular weight excluding hydrogens is 234 g/mol. The lowest BCUT2D eigenvalue weighted by Gasteiger charge is -2.26. The molecule has 1 unspecified atom stereocenters. The summed E-state index contributed by atoms with van der Waals surface area (Å²) in [5.74, 6) is 1.25. The van der Waals surface area contributed by atoms with Crippen LogP contribution in [0.2, 0.25) is 0 Å². The number of hydrogen-bond donors (Lipinski definition) is 3. The van der Waals surface area contributed by atoms with Crippen molar-refractivity contribution >= 4 is 5.97 Å². The Labute approximate surface area is 105 Å². The Hall–Kier alpha value is -2.19. The number of rotatable bonds is 5. The summed E-state index contributed by atoms with van der Waals surface area (Å²) in [6, 6.07) is 3.82. The molecule has 5 nitrogen and oxygen atoms in total. The Balaban J connectivity index is 2.97. The molecular formula is C13H15NO4. The SMILES string of the molecule is C#CCN(CC(=O)O)C(C)c1cc(O)cc(O)c1. The quantitative estimate of drug-likeness (QED) is 0.683. The zero-order valence-electron chi connectivity index (χ0n) is 10.00. The molecule has 0 aliphatic carbocycles. The highest BCUT2D eigenvalue weighted by Crippen LogP contribution is 2.27. The van der Waals surface area contributed by atoms with Gasteiger partial charge in [-0.1, -0.05) is 5.92 Å². The minimum atomic E-state index is -0.985. The maximum atomic E-state index is 10.7. The monoisotopic (exact) mass is 249 g/mol. The van der Waals surface area contributed by atoms with E-state index in [1.165, 1.54) is 18.2 Å². The lowest BCUT2D eigenvalue weighted by atomic mass is 10.1. The normalized spacial score (nSPS) is 12.1. The smallest absolute Gasteiger partial charge is 0.317 e. The van der Waals surface area contributed by atoms with E-state index < -0.39 is 5.97 Å². The van der Waals surface area contributed by atoms with Crippen LogP contribution in [-0.2, 0) is 4.79 Å². The van der Waals surface area contributed by atoms with E-state index in [-0.39, 0.29) is 30.6 Å². The molecule has 0 aliphatic heterocycles. The first-order chi connectivity index (χ1) is 8.43. The highest BCUT2D eigenvalue weighted by molar-refractivity contribution is 5.69. The molecule has 1 rings (SSSR count). The van der Waals surface area contributed by atoms with Crippen molar-refractivity contribution in [3.63, 3.8) is 0 Å². The minimum Gasteiger partial charge on any atom is -0.508 e. The molecule has 96 valence electrons. The molecule has 0 amide bonds. The van der Waals surface area contributed by atoms with Gasteiger partial charge in [-0.2, -0.15) is 0 Å². The molecule has 0 aliphatic rings.